The predicted molar refractivity (Wildman–Crippen MR) is 136 cm³/mol. The third-order valence-electron chi connectivity index (χ3n) is 5.72. The van der Waals surface area contributed by atoms with E-state index in [0.717, 1.165) is 54.8 Å². The summed E-state index contributed by atoms with van der Waals surface area (Å²) in [5, 5.41) is 0.963. The molecule has 4 rings (SSSR count). The lowest BCUT2D eigenvalue weighted by atomic mass is 10.0. The van der Waals surface area contributed by atoms with Gasteiger partial charge in [-0.25, -0.2) is 14.3 Å². The Labute approximate surface area is 198 Å². The number of carbonyl (C=O) groups excluding carboxylic acids is 1. The molecule has 0 N–H and O–H groups in total. The van der Waals surface area contributed by atoms with Gasteiger partial charge in [0.1, 0.15) is 11.2 Å². The van der Waals surface area contributed by atoms with E-state index >= 15 is 0 Å². The van der Waals surface area contributed by atoms with Crippen LogP contribution < -0.4 is 0 Å². The summed E-state index contributed by atoms with van der Waals surface area (Å²) in [4.78, 5) is 22.0. The molecule has 1 fully saturated rings. The molecule has 1 aliphatic heterocycles. The van der Waals surface area contributed by atoms with Crippen LogP contribution in [-0.2, 0) is 11.3 Å². The molecule has 0 unspecified atom stereocenters. The van der Waals surface area contributed by atoms with Crippen molar-refractivity contribution in [3.05, 3.63) is 53.9 Å². The van der Waals surface area contributed by atoms with Crippen LogP contribution in [-0.4, -0.2) is 64.3 Å². The maximum atomic E-state index is 12.6. The smallest absolute Gasteiger partial charge is 0.420 e. The second kappa shape index (κ2) is 10.5. The number of benzene rings is 1. The summed E-state index contributed by atoms with van der Waals surface area (Å²) in [5.41, 5.74) is 4.58. The lowest BCUT2D eigenvalue weighted by Gasteiger charge is -2.32. The van der Waals surface area contributed by atoms with Gasteiger partial charge < -0.3 is 9.64 Å². The summed E-state index contributed by atoms with van der Waals surface area (Å²) in [6.07, 6.45) is 3.23. The second-order valence-corrected chi connectivity index (χ2v) is 9.53. The van der Waals surface area contributed by atoms with Crippen molar-refractivity contribution in [3.8, 4) is 11.1 Å². The van der Waals surface area contributed by atoms with Crippen molar-refractivity contribution in [3.63, 3.8) is 0 Å². The summed E-state index contributed by atoms with van der Waals surface area (Å²) in [5.74, 6) is 0. The fraction of sp³-hybridized carbons (Fsp3) is 0.481. The van der Waals surface area contributed by atoms with Crippen LogP contribution in [0.3, 0.4) is 0 Å². The molecule has 6 heteroatoms. The average molecular weight is 451 g/mol. The van der Waals surface area contributed by atoms with Crippen molar-refractivity contribution in [2.75, 3.05) is 33.2 Å². The molecule has 33 heavy (non-hydrogen) atoms. The van der Waals surface area contributed by atoms with E-state index in [1.54, 1.807) is 6.20 Å². The maximum Gasteiger partial charge on any atom is 0.420 e. The molecule has 0 saturated carbocycles. The molecule has 6 nitrogen and oxygen atoms in total. The van der Waals surface area contributed by atoms with Crippen molar-refractivity contribution in [1.29, 1.82) is 0 Å². The van der Waals surface area contributed by atoms with Gasteiger partial charge in [-0.2, -0.15) is 0 Å². The lowest BCUT2D eigenvalue weighted by Crippen LogP contribution is -2.43. The Balaban J connectivity index is 0.00000149. The van der Waals surface area contributed by atoms with Crippen LogP contribution in [0.1, 0.15) is 45.7 Å². The number of rotatable bonds is 3. The highest BCUT2D eigenvalue weighted by Crippen LogP contribution is 2.27. The van der Waals surface area contributed by atoms with Gasteiger partial charge >= 0.3 is 6.09 Å². The van der Waals surface area contributed by atoms with Crippen LogP contribution in [0.4, 0.5) is 4.79 Å². The molecule has 1 aliphatic rings. The zero-order valence-electron chi connectivity index (χ0n) is 21.2. The normalized spacial score (nSPS) is 15.2. The molecule has 1 aromatic carbocycles. The van der Waals surface area contributed by atoms with Gasteiger partial charge in [-0.05, 0) is 57.5 Å². The number of nitrogens with zero attached hydrogens (tertiary/aromatic N) is 4. The average Bonchev–Trinajstić information content (AvgIpc) is 3.12. The third kappa shape index (κ3) is 6.21. The van der Waals surface area contributed by atoms with E-state index in [0.29, 0.717) is 5.65 Å². The summed E-state index contributed by atoms with van der Waals surface area (Å²) in [7, 11) is 2.18. The minimum atomic E-state index is -0.548. The molecule has 0 bridgehead atoms. The molecule has 3 aromatic rings. The Kier molecular flexibility index (Phi) is 7.92. The first-order valence-corrected chi connectivity index (χ1v) is 11.9. The number of pyridine rings is 1. The first kappa shape index (κ1) is 24.9. The highest BCUT2D eigenvalue weighted by molar-refractivity contribution is 5.91. The van der Waals surface area contributed by atoms with E-state index in [4.69, 9.17) is 4.74 Å². The lowest BCUT2D eigenvalue weighted by molar-refractivity contribution is 0.0543. The van der Waals surface area contributed by atoms with Crippen molar-refractivity contribution in [1.82, 2.24) is 19.4 Å². The number of hydrogen-bond acceptors (Lipinski definition) is 5. The van der Waals surface area contributed by atoms with Gasteiger partial charge in [0.2, 0.25) is 0 Å². The van der Waals surface area contributed by atoms with E-state index < -0.39 is 11.7 Å². The summed E-state index contributed by atoms with van der Waals surface area (Å²) in [6.45, 7) is 17.1. The Morgan fingerprint density at radius 2 is 1.67 bits per heavy atom. The van der Waals surface area contributed by atoms with E-state index in [1.807, 2.05) is 47.7 Å². The second-order valence-electron chi connectivity index (χ2n) is 9.53. The molecule has 0 spiro atoms. The summed E-state index contributed by atoms with van der Waals surface area (Å²) >= 11 is 0. The van der Waals surface area contributed by atoms with Crippen LogP contribution in [0.25, 0.3) is 22.2 Å². The Bertz CT molecular complexity index is 1070. The molecular weight excluding hydrogens is 412 g/mol. The van der Waals surface area contributed by atoms with Crippen LogP contribution in [0.2, 0.25) is 0 Å². The maximum absolute atomic E-state index is 12.6. The minimum Gasteiger partial charge on any atom is -0.443 e. The topological polar surface area (TPSA) is 50.6 Å². The van der Waals surface area contributed by atoms with Crippen molar-refractivity contribution < 1.29 is 9.53 Å². The third-order valence-corrected chi connectivity index (χ3v) is 5.72. The van der Waals surface area contributed by atoms with Gasteiger partial charge in [-0.15, -0.1) is 0 Å². The molecule has 2 aromatic heterocycles. The number of aromatic nitrogens is 2. The molecule has 0 aliphatic carbocycles. The number of fused-ring (bicyclic) bond motifs is 1. The van der Waals surface area contributed by atoms with Gasteiger partial charge in [0.05, 0.1) is 0 Å². The molecule has 0 atom stereocenters. The Morgan fingerprint density at radius 1 is 1.03 bits per heavy atom. The zero-order valence-corrected chi connectivity index (χ0v) is 21.2. The van der Waals surface area contributed by atoms with Crippen LogP contribution >= 0.6 is 0 Å². The van der Waals surface area contributed by atoms with Gasteiger partial charge in [0.15, 0.2) is 0 Å². The number of likely N-dealkylation sites (N-methyl/N-ethyl adjacent to an activating group) is 1. The standard InChI is InChI=1S/C25H32N4O2.C2H6/c1-18-16-29(24(30)31-25(2,3)4)23-22(18)14-21(15-26-23)20-8-6-19(7-9-20)17-28-12-10-27(5)11-13-28;1-2/h6-9,14-16H,10-13,17H2,1-5H3;1-2H3. The fourth-order valence-electron chi connectivity index (χ4n) is 3.94. The van der Waals surface area contributed by atoms with Gasteiger partial charge in [0.25, 0.3) is 0 Å². The number of hydrogen-bond donors (Lipinski definition) is 0. The first-order valence-electron chi connectivity index (χ1n) is 11.9. The molecule has 0 radical (unpaired) electrons. The SMILES string of the molecule is CC.Cc1cn(C(=O)OC(C)(C)C)c2ncc(-c3ccc(CN4CCN(C)CC4)cc3)cc12. The fourth-order valence-corrected chi connectivity index (χ4v) is 3.94. The predicted octanol–water partition coefficient (Wildman–Crippen LogP) is 5.57. The van der Waals surface area contributed by atoms with Gasteiger partial charge in [-0.3, -0.25) is 4.90 Å². The van der Waals surface area contributed by atoms with Crippen molar-refractivity contribution >= 4 is 17.1 Å². The monoisotopic (exact) mass is 450 g/mol. The van der Waals surface area contributed by atoms with Crippen LogP contribution in [0.5, 0.6) is 0 Å². The molecule has 0 amide bonds. The molecule has 178 valence electrons. The highest BCUT2D eigenvalue weighted by Gasteiger charge is 2.21. The van der Waals surface area contributed by atoms with Crippen molar-refractivity contribution in [2.24, 2.45) is 0 Å². The van der Waals surface area contributed by atoms with Crippen molar-refractivity contribution in [2.45, 2.75) is 53.7 Å². The zero-order chi connectivity index (χ0) is 24.2. The van der Waals surface area contributed by atoms with E-state index in [1.165, 1.54) is 10.1 Å². The quantitative estimate of drug-likeness (QED) is 0.522. The van der Waals surface area contributed by atoms with Crippen LogP contribution in [0.15, 0.2) is 42.7 Å². The largest absolute Gasteiger partial charge is 0.443 e. The van der Waals surface area contributed by atoms with E-state index in [2.05, 4.69) is 52.2 Å². The number of carbonyl (C=O) groups is 1. The number of aryl methyl sites for hydroxylation is 1. The summed E-state index contributed by atoms with van der Waals surface area (Å²) < 4.78 is 7.02. The number of piperazine rings is 1. The minimum absolute atomic E-state index is 0.404. The highest BCUT2D eigenvalue weighted by atomic mass is 16.6. The number of ether oxygens (including phenoxy) is 1. The molecule has 1 saturated heterocycles. The first-order chi connectivity index (χ1) is 15.7. The summed E-state index contributed by atoms with van der Waals surface area (Å²) in [6, 6.07) is 10.8. The van der Waals surface area contributed by atoms with Crippen LogP contribution in [0, 0.1) is 6.92 Å². The van der Waals surface area contributed by atoms with E-state index in [-0.39, 0.29) is 0 Å². The van der Waals surface area contributed by atoms with Gasteiger partial charge in [-0.1, -0.05) is 38.1 Å². The Hall–Kier alpha value is -2.70. The molecular formula is C27H38N4O2. The molecule has 3 heterocycles. The van der Waals surface area contributed by atoms with E-state index in [9.17, 15) is 4.79 Å². The van der Waals surface area contributed by atoms with Gasteiger partial charge in [0, 0.05) is 56.1 Å². The Morgan fingerprint density at radius 3 is 2.27 bits per heavy atom.